The van der Waals surface area contributed by atoms with E-state index in [0.29, 0.717) is 36.6 Å². The molecule has 0 radical (unpaired) electrons. The Kier molecular flexibility index (Phi) is 8.53. The van der Waals surface area contributed by atoms with Gasteiger partial charge in [-0.25, -0.2) is 8.78 Å². The van der Waals surface area contributed by atoms with Crippen molar-refractivity contribution in [1.82, 2.24) is 10.6 Å². The summed E-state index contributed by atoms with van der Waals surface area (Å²) in [5.74, 6) is 0.0926. The summed E-state index contributed by atoms with van der Waals surface area (Å²) < 4.78 is 27.0. The highest BCUT2D eigenvalue weighted by Gasteiger charge is 2.04. The number of nitrogens with zero attached hydrogens (tertiary/aromatic N) is 1. The number of guanidine groups is 1. The second kappa shape index (κ2) is 10.1. The Morgan fingerprint density at radius 1 is 0.913 bits per heavy atom. The van der Waals surface area contributed by atoms with Gasteiger partial charge in [0.25, 0.3) is 0 Å². The van der Waals surface area contributed by atoms with Gasteiger partial charge in [0.1, 0.15) is 11.6 Å². The summed E-state index contributed by atoms with van der Waals surface area (Å²) in [4.78, 5) is 4.06. The van der Waals surface area contributed by atoms with Crippen molar-refractivity contribution in [1.29, 1.82) is 0 Å². The second-order valence-corrected chi connectivity index (χ2v) is 4.79. The maximum absolute atomic E-state index is 13.5. The van der Waals surface area contributed by atoms with Crippen LogP contribution in [-0.4, -0.2) is 19.6 Å². The summed E-state index contributed by atoms with van der Waals surface area (Å²) in [6, 6.07) is 13.3. The molecule has 0 aliphatic heterocycles. The molecule has 3 nitrogen and oxygen atoms in total. The van der Waals surface area contributed by atoms with Crippen LogP contribution in [0.15, 0.2) is 53.5 Å². The molecule has 0 unspecified atom stereocenters. The summed E-state index contributed by atoms with van der Waals surface area (Å²) in [6.45, 7) is 0.879. The van der Waals surface area contributed by atoms with E-state index in [9.17, 15) is 8.78 Å². The zero-order valence-electron chi connectivity index (χ0n) is 12.9. The number of halogens is 3. The van der Waals surface area contributed by atoms with Crippen molar-refractivity contribution in [2.45, 2.75) is 13.0 Å². The van der Waals surface area contributed by atoms with Crippen LogP contribution in [-0.2, 0) is 13.0 Å². The minimum absolute atomic E-state index is 0. The quantitative estimate of drug-likeness (QED) is 0.432. The molecule has 0 saturated heterocycles. The van der Waals surface area contributed by atoms with E-state index in [-0.39, 0.29) is 35.6 Å². The zero-order chi connectivity index (χ0) is 15.8. The molecule has 0 heterocycles. The summed E-state index contributed by atoms with van der Waals surface area (Å²) in [6.07, 6.45) is 0.549. The molecule has 2 aromatic rings. The maximum atomic E-state index is 13.5. The Morgan fingerprint density at radius 3 is 2.04 bits per heavy atom. The van der Waals surface area contributed by atoms with Crippen LogP contribution in [0, 0.1) is 11.6 Å². The second-order valence-electron chi connectivity index (χ2n) is 4.79. The molecule has 0 aromatic heterocycles. The van der Waals surface area contributed by atoms with E-state index in [1.807, 2.05) is 6.07 Å². The largest absolute Gasteiger partial charge is 0.356 e. The minimum atomic E-state index is -0.253. The molecule has 0 fully saturated rings. The molecule has 6 heteroatoms. The van der Waals surface area contributed by atoms with Crippen LogP contribution in [0.2, 0.25) is 0 Å². The van der Waals surface area contributed by atoms with Gasteiger partial charge in [0.2, 0.25) is 0 Å². The predicted octanol–water partition coefficient (Wildman–Crippen LogP) is 3.49. The van der Waals surface area contributed by atoms with Crippen molar-refractivity contribution >= 4 is 29.9 Å². The Hall–Kier alpha value is -1.70. The fraction of sp³-hybridized carbons (Fsp3) is 0.235. The maximum Gasteiger partial charge on any atom is 0.191 e. The summed E-state index contributed by atoms with van der Waals surface area (Å²) >= 11 is 0. The first-order valence-corrected chi connectivity index (χ1v) is 7.12. The van der Waals surface area contributed by atoms with Crippen molar-refractivity contribution < 1.29 is 8.78 Å². The van der Waals surface area contributed by atoms with E-state index in [2.05, 4.69) is 15.6 Å². The fourth-order valence-corrected chi connectivity index (χ4v) is 2.06. The number of benzene rings is 2. The van der Waals surface area contributed by atoms with Crippen molar-refractivity contribution in [3.05, 3.63) is 71.3 Å². The van der Waals surface area contributed by atoms with E-state index in [1.165, 1.54) is 12.1 Å². The molecule has 0 aliphatic rings. The highest BCUT2D eigenvalue weighted by molar-refractivity contribution is 14.0. The highest BCUT2D eigenvalue weighted by atomic mass is 127. The molecule has 0 saturated carbocycles. The third-order valence-corrected chi connectivity index (χ3v) is 3.27. The normalized spacial score (nSPS) is 10.8. The third-order valence-electron chi connectivity index (χ3n) is 3.27. The van der Waals surface area contributed by atoms with Crippen LogP contribution < -0.4 is 10.6 Å². The van der Waals surface area contributed by atoms with Gasteiger partial charge in [0, 0.05) is 25.7 Å². The van der Waals surface area contributed by atoms with Crippen LogP contribution in [0.3, 0.4) is 0 Å². The van der Waals surface area contributed by atoms with Gasteiger partial charge in [-0.1, -0.05) is 36.4 Å². The lowest BCUT2D eigenvalue weighted by Crippen LogP contribution is -2.38. The lowest BCUT2D eigenvalue weighted by molar-refractivity contribution is 0.602. The standard InChI is InChI=1S/C17H19F2N3.HI/c1-20-17(22-12-14-7-3-5-9-16(14)19)21-11-10-13-6-2-4-8-15(13)18;/h2-9H,10-12H2,1H3,(H2,20,21,22);1H. The van der Waals surface area contributed by atoms with Gasteiger partial charge >= 0.3 is 0 Å². The predicted molar refractivity (Wildman–Crippen MR) is 100 cm³/mol. The van der Waals surface area contributed by atoms with Gasteiger partial charge < -0.3 is 10.6 Å². The SMILES string of the molecule is CN=C(NCCc1ccccc1F)NCc1ccccc1F.I. The van der Waals surface area contributed by atoms with Crippen molar-refractivity contribution in [2.24, 2.45) is 4.99 Å². The monoisotopic (exact) mass is 431 g/mol. The lowest BCUT2D eigenvalue weighted by Gasteiger charge is -2.12. The van der Waals surface area contributed by atoms with Crippen LogP contribution >= 0.6 is 24.0 Å². The van der Waals surface area contributed by atoms with Crippen molar-refractivity contribution in [3.63, 3.8) is 0 Å². The average molecular weight is 431 g/mol. The summed E-state index contributed by atoms with van der Waals surface area (Å²) in [5.41, 5.74) is 1.22. The number of hydrogen-bond acceptors (Lipinski definition) is 1. The number of nitrogens with one attached hydrogen (secondary N) is 2. The fourth-order valence-electron chi connectivity index (χ4n) is 2.06. The van der Waals surface area contributed by atoms with Gasteiger partial charge in [-0.15, -0.1) is 24.0 Å². The molecule has 2 rings (SSSR count). The van der Waals surface area contributed by atoms with E-state index < -0.39 is 0 Å². The first kappa shape index (κ1) is 19.3. The van der Waals surface area contributed by atoms with Gasteiger partial charge in [0.15, 0.2) is 5.96 Å². The van der Waals surface area contributed by atoms with E-state index in [1.54, 1.807) is 37.4 Å². The Balaban J connectivity index is 0.00000264. The number of hydrogen-bond donors (Lipinski definition) is 2. The van der Waals surface area contributed by atoms with E-state index in [0.717, 1.165) is 0 Å². The molecule has 0 amide bonds. The van der Waals surface area contributed by atoms with Gasteiger partial charge in [-0.2, -0.15) is 0 Å². The molecule has 0 spiro atoms. The van der Waals surface area contributed by atoms with Gasteiger partial charge in [-0.05, 0) is 24.1 Å². The van der Waals surface area contributed by atoms with Crippen molar-refractivity contribution in [2.75, 3.05) is 13.6 Å². The van der Waals surface area contributed by atoms with Crippen LogP contribution in [0.4, 0.5) is 8.78 Å². The first-order valence-electron chi connectivity index (χ1n) is 7.12. The zero-order valence-corrected chi connectivity index (χ0v) is 15.2. The molecule has 0 aliphatic carbocycles. The van der Waals surface area contributed by atoms with E-state index in [4.69, 9.17) is 0 Å². The Labute approximate surface area is 152 Å². The van der Waals surface area contributed by atoms with Crippen LogP contribution in [0.25, 0.3) is 0 Å². The molecular formula is C17H20F2IN3. The molecule has 124 valence electrons. The summed E-state index contributed by atoms with van der Waals surface area (Å²) in [7, 11) is 1.64. The molecule has 2 N–H and O–H groups in total. The molecule has 0 bridgehead atoms. The third kappa shape index (κ3) is 6.13. The van der Waals surface area contributed by atoms with Gasteiger partial charge in [0.05, 0.1) is 0 Å². The van der Waals surface area contributed by atoms with Crippen molar-refractivity contribution in [3.8, 4) is 0 Å². The Bertz CT molecular complexity index is 647. The summed E-state index contributed by atoms with van der Waals surface area (Å²) in [5, 5.41) is 6.12. The smallest absolute Gasteiger partial charge is 0.191 e. The van der Waals surface area contributed by atoms with Crippen LogP contribution in [0.5, 0.6) is 0 Å². The molecule has 23 heavy (non-hydrogen) atoms. The lowest BCUT2D eigenvalue weighted by atomic mass is 10.1. The molecular weight excluding hydrogens is 411 g/mol. The molecule has 2 aromatic carbocycles. The highest BCUT2D eigenvalue weighted by Crippen LogP contribution is 2.06. The first-order chi connectivity index (χ1) is 10.7. The number of rotatable bonds is 5. The minimum Gasteiger partial charge on any atom is -0.356 e. The molecule has 0 atom stereocenters. The average Bonchev–Trinajstić information content (AvgIpc) is 2.54. The van der Waals surface area contributed by atoms with E-state index >= 15 is 0 Å². The van der Waals surface area contributed by atoms with Gasteiger partial charge in [-0.3, -0.25) is 4.99 Å². The number of aliphatic imine (C=N–C) groups is 1. The topological polar surface area (TPSA) is 36.4 Å². The Morgan fingerprint density at radius 2 is 1.48 bits per heavy atom. The van der Waals surface area contributed by atoms with Crippen LogP contribution in [0.1, 0.15) is 11.1 Å².